The lowest BCUT2D eigenvalue weighted by Gasteiger charge is -2.32. The summed E-state index contributed by atoms with van der Waals surface area (Å²) in [5.41, 5.74) is 6.07. The Balaban J connectivity index is 0.000000347. The number of anilines is 1. The number of aliphatic hydroxyl groups is 5. The number of nitrogens with one attached hydrogen (secondary N) is 3. The van der Waals surface area contributed by atoms with Crippen LogP contribution in [-0.4, -0.2) is 117 Å². The monoisotopic (exact) mass is 481 g/mol. The number of aliphatic hydroxyl groups excluding tert-OH is 5. The van der Waals surface area contributed by atoms with Gasteiger partial charge in [-0.25, -0.2) is 13.4 Å². The van der Waals surface area contributed by atoms with Gasteiger partial charge in [-0.05, 0) is 31.3 Å². The largest absolute Gasteiger partial charge is 0.399 e. The van der Waals surface area contributed by atoms with E-state index in [0.29, 0.717) is 25.3 Å². The van der Waals surface area contributed by atoms with E-state index < -0.39 is 41.0 Å². The number of piperazine rings is 1. The van der Waals surface area contributed by atoms with Gasteiger partial charge in [0.1, 0.15) is 24.5 Å². The number of likely N-dealkylation sites (N-methyl/N-ethyl adjacent to an activating group) is 1. The zero-order chi connectivity index (χ0) is 24.3. The topological polar surface area (TPSA) is 210 Å². The fourth-order valence-corrected chi connectivity index (χ4v) is 3.83. The molecular weight excluding hydrogens is 446 g/mol. The average molecular weight is 482 g/mol. The van der Waals surface area contributed by atoms with Crippen molar-refractivity contribution in [1.29, 1.82) is 0 Å². The molecule has 2 rings (SSSR count). The van der Waals surface area contributed by atoms with Crippen LogP contribution in [0.15, 0.2) is 29.2 Å². The minimum Gasteiger partial charge on any atom is -0.399 e. The maximum Gasteiger partial charge on any atom is 0.253 e. The number of rotatable bonds is 10. The number of ether oxygens (including phenoxy) is 1. The molecule has 186 valence electrons. The highest BCUT2D eigenvalue weighted by atomic mass is 32.2. The van der Waals surface area contributed by atoms with Gasteiger partial charge in [0.15, 0.2) is 0 Å². The second-order valence-corrected chi connectivity index (χ2v) is 8.81. The summed E-state index contributed by atoms with van der Waals surface area (Å²) in [7, 11) is -0.418. The van der Waals surface area contributed by atoms with Gasteiger partial charge < -0.3 is 41.3 Å². The van der Waals surface area contributed by atoms with E-state index in [1.165, 1.54) is 12.1 Å². The van der Waals surface area contributed by atoms with E-state index >= 15 is 0 Å². The Morgan fingerprint density at radius 2 is 1.78 bits per heavy atom. The molecule has 1 aliphatic rings. The van der Waals surface area contributed by atoms with Crippen LogP contribution in [0.3, 0.4) is 0 Å². The Morgan fingerprint density at radius 1 is 1.19 bits per heavy atom. The van der Waals surface area contributed by atoms with Crippen molar-refractivity contribution in [2.45, 2.75) is 35.5 Å². The van der Waals surface area contributed by atoms with Gasteiger partial charge in [-0.15, -0.1) is 4.83 Å². The molecule has 13 nitrogen and oxygen atoms in total. The summed E-state index contributed by atoms with van der Waals surface area (Å²) in [6, 6.07) is 6.08. The Morgan fingerprint density at radius 3 is 2.31 bits per heavy atom. The van der Waals surface area contributed by atoms with E-state index in [-0.39, 0.29) is 17.7 Å². The van der Waals surface area contributed by atoms with E-state index in [0.717, 1.165) is 0 Å². The second kappa shape index (κ2) is 14.0. The normalized spacial score (nSPS) is 21.2. The van der Waals surface area contributed by atoms with Crippen molar-refractivity contribution >= 4 is 15.7 Å². The molecule has 14 heteroatoms. The summed E-state index contributed by atoms with van der Waals surface area (Å²) in [6.07, 6.45) is -5.83. The number of sulfonamides is 1. The lowest BCUT2D eigenvalue weighted by atomic mass is 10.0. The first-order valence-electron chi connectivity index (χ1n) is 9.92. The van der Waals surface area contributed by atoms with Crippen molar-refractivity contribution in [1.82, 2.24) is 20.5 Å². The highest BCUT2D eigenvalue weighted by Gasteiger charge is 2.29. The number of hydrazine groups is 1. The Kier molecular flexibility index (Phi) is 12.5. The first-order chi connectivity index (χ1) is 15.0. The van der Waals surface area contributed by atoms with Crippen LogP contribution in [0.5, 0.6) is 0 Å². The van der Waals surface area contributed by atoms with E-state index in [1.807, 2.05) is 0 Å². The molecule has 0 amide bonds. The summed E-state index contributed by atoms with van der Waals surface area (Å²) < 4.78 is 29.5. The number of nitrogen functional groups attached to an aromatic ring is 1. The second-order valence-electron chi connectivity index (χ2n) is 7.14. The maximum atomic E-state index is 12.2. The fraction of sp³-hybridized carbons (Fsp3) is 0.667. The number of hydrogen-bond acceptors (Lipinski definition) is 12. The van der Waals surface area contributed by atoms with E-state index in [4.69, 9.17) is 30.9 Å². The minimum absolute atomic E-state index is 0.0936. The third kappa shape index (κ3) is 9.21. The van der Waals surface area contributed by atoms with Crippen molar-refractivity contribution in [2.24, 2.45) is 0 Å². The Bertz CT molecular complexity index is 754. The highest BCUT2D eigenvalue weighted by Crippen LogP contribution is 2.12. The molecule has 32 heavy (non-hydrogen) atoms. The molecular formula is C18H35N5O8S. The molecule has 1 unspecified atom stereocenters. The predicted octanol–water partition coefficient (Wildman–Crippen LogP) is -4.02. The number of benzene rings is 1. The van der Waals surface area contributed by atoms with Crippen LogP contribution in [0.4, 0.5) is 5.69 Å². The van der Waals surface area contributed by atoms with Gasteiger partial charge in [0.25, 0.3) is 10.0 Å². The number of nitrogens with zero attached hydrogens (tertiary/aromatic N) is 1. The molecule has 0 radical (unpaired) electrons. The molecule has 0 bridgehead atoms. The summed E-state index contributed by atoms with van der Waals surface area (Å²) in [6.45, 7) is 1.11. The van der Waals surface area contributed by atoms with Gasteiger partial charge in [0.2, 0.25) is 0 Å². The summed E-state index contributed by atoms with van der Waals surface area (Å²) in [4.78, 5) is 2.73. The maximum absolute atomic E-state index is 12.2. The molecule has 1 fully saturated rings. The van der Waals surface area contributed by atoms with E-state index in [9.17, 15) is 13.5 Å². The first-order valence-corrected chi connectivity index (χ1v) is 11.4. The highest BCUT2D eigenvalue weighted by molar-refractivity contribution is 7.89. The van der Waals surface area contributed by atoms with E-state index in [1.54, 1.807) is 31.3 Å². The molecule has 0 aliphatic carbocycles. The van der Waals surface area contributed by atoms with Crippen molar-refractivity contribution in [3.8, 4) is 0 Å². The van der Waals surface area contributed by atoms with Crippen LogP contribution in [0.25, 0.3) is 0 Å². The SMILES string of the molecule is CNC[C@H](O)[C@@H](O)[C@H](O)[C@H](O)CO.COC1CN(NS(=O)(=O)c2ccc(N)cc2)CCN1. The standard InChI is InChI=1S/C11H18N4O3S.C7H17NO5/c1-18-11-8-15(7-6-13-11)14-19(16,17)10-4-2-9(12)3-5-10;1-8-2-4(10)6(12)7(13)5(11)3-9/h2-5,11,13-14H,6-8,12H2,1H3;4-13H,2-3H2,1H3/t;4-,5+,6+,7+/m.0/s1. The third-order valence-corrected chi connectivity index (χ3v) is 5.99. The number of hydrogen-bond donors (Lipinski definition) is 9. The van der Waals surface area contributed by atoms with Crippen LogP contribution in [0.2, 0.25) is 0 Å². The predicted molar refractivity (Wildman–Crippen MR) is 117 cm³/mol. The fourth-order valence-electron chi connectivity index (χ4n) is 2.72. The zero-order valence-corrected chi connectivity index (χ0v) is 18.9. The molecule has 5 atom stereocenters. The Hall–Kier alpha value is -1.43. The third-order valence-electron chi connectivity index (χ3n) is 4.60. The first kappa shape index (κ1) is 28.6. The molecule has 10 N–H and O–H groups in total. The summed E-state index contributed by atoms with van der Waals surface area (Å²) in [5.74, 6) is 0. The molecule has 1 aliphatic heterocycles. The van der Waals surface area contributed by atoms with Crippen LogP contribution in [0.1, 0.15) is 0 Å². The van der Waals surface area contributed by atoms with Crippen LogP contribution >= 0.6 is 0 Å². The van der Waals surface area contributed by atoms with E-state index in [2.05, 4.69) is 15.5 Å². The van der Waals surface area contributed by atoms with Crippen molar-refractivity contribution < 1.29 is 38.7 Å². The molecule has 0 spiro atoms. The van der Waals surface area contributed by atoms with Crippen molar-refractivity contribution in [3.05, 3.63) is 24.3 Å². The lowest BCUT2D eigenvalue weighted by Crippen LogP contribution is -2.57. The zero-order valence-electron chi connectivity index (χ0n) is 18.1. The molecule has 1 aromatic carbocycles. The van der Waals surface area contributed by atoms with Gasteiger partial charge in [-0.2, -0.15) is 0 Å². The van der Waals surface area contributed by atoms with Gasteiger partial charge in [0, 0.05) is 32.4 Å². The Labute approximate surface area is 187 Å². The molecule has 0 aromatic heterocycles. The minimum atomic E-state index is -3.57. The molecule has 0 saturated carbocycles. The smallest absolute Gasteiger partial charge is 0.253 e. The van der Waals surface area contributed by atoms with Gasteiger partial charge in [-0.3, -0.25) is 5.32 Å². The van der Waals surface area contributed by atoms with Crippen molar-refractivity contribution in [3.63, 3.8) is 0 Å². The van der Waals surface area contributed by atoms with Gasteiger partial charge in [0.05, 0.1) is 24.2 Å². The lowest BCUT2D eigenvalue weighted by molar-refractivity contribution is -0.113. The quantitative estimate of drug-likeness (QED) is 0.146. The van der Waals surface area contributed by atoms with Crippen molar-refractivity contribution in [2.75, 3.05) is 52.7 Å². The molecule has 1 saturated heterocycles. The van der Waals surface area contributed by atoms with Crippen LogP contribution in [0, 0.1) is 0 Å². The molecule has 1 aromatic rings. The van der Waals surface area contributed by atoms with Gasteiger partial charge >= 0.3 is 0 Å². The summed E-state index contributed by atoms with van der Waals surface area (Å²) in [5, 5.41) is 52.2. The van der Waals surface area contributed by atoms with Gasteiger partial charge in [-0.1, -0.05) is 0 Å². The number of methoxy groups -OCH3 is 1. The summed E-state index contributed by atoms with van der Waals surface area (Å²) >= 11 is 0. The van der Waals surface area contributed by atoms with Crippen LogP contribution < -0.4 is 21.2 Å². The average Bonchev–Trinajstić information content (AvgIpc) is 2.78. The van der Waals surface area contributed by atoms with Crippen LogP contribution in [-0.2, 0) is 14.8 Å². The molecule has 1 heterocycles. The number of nitrogens with two attached hydrogens (primary N) is 1.